The van der Waals surface area contributed by atoms with Crippen molar-refractivity contribution in [2.24, 2.45) is 0 Å². The Kier molecular flexibility index (Phi) is 4.56. The number of aromatic hydroxyl groups is 1. The first-order valence-corrected chi connectivity index (χ1v) is 7.54. The second kappa shape index (κ2) is 6.95. The van der Waals surface area contributed by atoms with Gasteiger partial charge in [-0.05, 0) is 37.3 Å². The largest absolute Gasteiger partial charge is 0.504 e. The highest BCUT2D eigenvalue weighted by molar-refractivity contribution is 5.64. The van der Waals surface area contributed by atoms with Crippen LogP contribution in [0.15, 0.2) is 55.0 Å². The standard InChI is InChI=1S/C18H18N4O2/c1-12(14-5-3-4-8-20-14)21-18-11-19-10-15(22-18)13-6-7-16(23)17(9-13)24-2/h3-12,23H,1-2H3,(H,21,22). The molecule has 0 amide bonds. The lowest BCUT2D eigenvalue weighted by Gasteiger charge is -2.14. The Morgan fingerprint density at radius 1 is 1.17 bits per heavy atom. The summed E-state index contributed by atoms with van der Waals surface area (Å²) in [5, 5.41) is 13.0. The number of hydrogen-bond donors (Lipinski definition) is 2. The number of pyridine rings is 1. The number of benzene rings is 1. The highest BCUT2D eigenvalue weighted by Crippen LogP contribution is 2.30. The van der Waals surface area contributed by atoms with Gasteiger partial charge in [0.2, 0.25) is 0 Å². The molecule has 0 bridgehead atoms. The van der Waals surface area contributed by atoms with Gasteiger partial charge in [0.25, 0.3) is 0 Å². The van der Waals surface area contributed by atoms with Gasteiger partial charge in [-0.1, -0.05) is 6.07 Å². The van der Waals surface area contributed by atoms with Crippen LogP contribution in [0.5, 0.6) is 11.5 Å². The Morgan fingerprint density at radius 3 is 2.79 bits per heavy atom. The number of anilines is 1. The molecule has 0 spiro atoms. The lowest BCUT2D eigenvalue weighted by molar-refractivity contribution is 0.373. The third-order valence-electron chi connectivity index (χ3n) is 3.61. The van der Waals surface area contributed by atoms with Crippen molar-refractivity contribution in [3.8, 4) is 22.8 Å². The maximum atomic E-state index is 9.70. The van der Waals surface area contributed by atoms with Gasteiger partial charge in [-0.15, -0.1) is 0 Å². The summed E-state index contributed by atoms with van der Waals surface area (Å²) in [6.07, 6.45) is 5.10. The number of nitrogens with zero attached hydrogens (tertiary/aromatic N) is 3. The Balaban J connectivity index is 1.84. The predicted octanol–water partition coefficient (Wildman–Crippen LogP) is 3.43. The van der Waals surface area contributed by atoms with Crippen molar-refractivity contribution in [2.45, 2.75) is 13.0 Å². The van der Waals surface area contributed by atoms with Crippen LogP contribution >= 0.6 is 0 Å². The second-order valence-corrected chi connectivity index (χ2v) is 5.30. The third-order valence-corrected chi connectivity index (χ3v) is 3.61. The molecule has 0 saturated carbocycles. The van der Waals surface area contributed by atoms with Gasteiger partial charge in [-0.2, -0.15) is 0 Å². The molecule has 3 rings (SSSR count). The van der Waals surface area contributed by atoms with Crippen molar-refractivity contribution in [1.29, 1.82) is 0 Å². The summed E-state index contributed by atoms with van der Waals surface area (Å²) >= 11 is 0. The maximum absolute atomic E-state index is 9.70. The molecule has 0 aliphatic rings. The molecule has 0 radical (unpaired) electrons. The highest BCUT2D eigenvalue weighted by atomic mass is 16.5. The Labute approximate surface area is 140 Å². The average molecular weight is 322 g/mol. The fraction of sp³-hybridized carbons (Fsp3) is 0.167. The van der Waals surface area contributed by atoms with E-state index < -0.39 is 0 Å². The van der Waals surface area contributed by atoms with Crippen LogP contribution in [0, 0.1) is 0 Å². The number of phenolic OH excluding ortho intramolecular Hbond substituents is 1. The zero-order valence-electron chi connectivity index (χ0n) is 13.5. The van der Waals surface area contributed by atoms with Gasteiger partial charge in [-0.3, -0.25) is 9.97 Å². The summed E-state index contributed by atoms with van der Waals surface area (Å²) in [4.78, 5) is 13.1. The topological polar surface area (TPSA) is 80.2 Å². The smallest absolute Gasteiger partial charge is 0.161 e. The normalized spacial score (nSPS) is 11.8. The fourth-order valence-corrected chi connectivity index (χ4v) is 2.34. The van der Waals surface area contributed by atoms with E-state index in [2.05, 4.69) is 20.3 Å². The molecule has 2 heterocycles. The molecule has 122 valence electrons. The van der Waals surface area contributed by atoms with E-state index in [1.54, 1.807) is 36.8 Å². The minimum Gasteiger partial charge on any atom is -0.504 e. The molecule has 1 unspecified atom stereocenters. The van der Waals surface area contributed by atoms with E-state index in [0.29, 0.717) is 17.3 Å². The van der Waals surface area contributed by atoms with E-state index in [0.717, 1.165) is 11.3 Å². The van der Waals surface area contributed by atoms with E-state index in [1.807, 2.05) is 25.1 Å². The van der Waals surface area contributed by atoms with Gasteiger partial charge in [-0.25, -0.2) is 4.98 Å². The van der Waals surface area contributed by atoms with Crippen LogP contribution in [0.1, 0.15) is 18.7 Å². The van der Waals surface area contributed by atoms with Crippen LogP contribution in [0.3, 0.4) is 0 Å². The Bertz CT molecular complexity index is 824. The van der Waals surface area contributed by atoms with Crippen LogP contribution < -0.4 is 10.1 Å². The van der Waals surface area contributed by atoms with Crippen LogP contribution in [0.2, 0.25) is 0 Å². The number of nitrogens with one attached hydrogen (secondary N) is 1. The van der Waals surface area contributed by atoms with Gasteiger partial charge in [0.1, 0.15) is 5.82 Å². The molecule has 3 aromatic rings. The zero-order chi connectivity index (χ0) is 16.9. The molecule has 6 heteroatoms. The predicted molar refractivity (Wildman–Crippen MR) is 92.0 cm³/mol. The SMILES string of the molecule is COc1cc(-c2cncc(NC(C)c3ccccn3)n2)ccc1O. The van der Waals surface area contributed by atoms with Crippen molar-refractivity contribution in [1.82, 2.24) is 15.0 Å². The zero-order valence-corrected chi connectivity index (χ0v) is 13.5. The van der Waals surface area contributed by atoms with Crippen LogP contribution in [-0.2, 0) is 0 Å². The fourth-order valence-electron chi connectivity index (χ4n) is 2.34. The molecular formula is C18H18N4O2. The Morgan fingerprint density at radius 2 is 2.04 bits per heavy atom. The number of aromatic nitrogens is 3. The monoisotopic (exact) mass is 322 g/mol. The summed E-state index contributed by atoms with van der Waals surface area (Å²) in [5.41, 5.74) is 2.42. The number of hydrogen-bond acceptors (Lipinski definition) is 6. The van der Waals surface area contributed by atoms with Gasteiger partial charge in [0, 0.05) is 11.8 Å². The van der Waals surface area contributed by atoms with Crippen molar-refractivity contribution >= 4 is 5.82 Å². The number of rotatable bonds is 5. The molecule has 2 N–H and O–H groups in total. The number of methoxy groups -OCH3 is 1. The van der Waals surface area contributed by atoms with E-state index in [-0.39, 0.29) is 11.8 Å². The molecule has 6 nitrogen and oxygen atoms in total. The van der Waals surface area contributed by atoms with Crippen molar-refractivity contribution < 1.29 is 9.84 Å². The minimum atomic E-state index is 0.00473. The first kappa shape index (κ1) is 15.7. The van der Waals surface area contributed by atoms with Crippen molar-refractivity contribution in [2.75, 3.05) is 12.4 Å². The summed E-state index contributed by atoms with van der Waals surface area (Å²) in [7, 11) is 1.51. The summed E-state index contributed by atoms with van der Waals surface area (Å²) in [6, 6.07) is 10.9. The molecular weight excluding hydrogens is 304 g/mol. The first-order chi connectivity index (χ1) is 11.7. The Hall–Kier alpha value is -3.15. The van der Waals surface area contributed by atoms with E-state index >= 15 is 0 Å². The van der Waals surface area contributed by atoms with Crippen molar-refractivity contribution in [3.63, 3.8) is 0 Å². The molecule has 24 heavy (non-hydrogen) atoms. The van der Waals surface area contributed by atoms with E-state index in [9.17, 15) is 5.11 Å². The molecule has 0 fully saturated rings. The number of phenols is 1. The van der Waals surface area contributed by atoms with Crippen LogP contribution in [0.4, 0.5) is 5.82 Å². The minimum absolute atomic E-state index is 0.00473. The maximum Gasteiger partial charge on any atom is 0.161 e. The molecule has 1 aromatic carbocycles. The molecule has 0 aliphatic heterocycles. The van der Waals surface area contributed by atoms with Gasteiger partial charge >= 0.3 is 0 Å². The number of ether oxygens (including phenoxy) is 1. The summed E-state index contributed by atoms with van der Waals surface area (Å²) in [5.74, 6) is 1.14. The molecule has 2 aromatic heterocycles. The molecule has 1 atom stereocenters. The molecule has 0 aliphatic carbocycles. The summed E-state index contributed by atoms with van der Waals surface area (Å²) in [6.45, 7) is 2.01. The third kappa shape index (κ3) is 3.43. The van der Waals surface area contributed by atoms with Crippen LogP contribution in [0.25, 0.3) is 11.3 Å². The van der Waals surface area contributed by atoms with Crippen molar-refractivity contribution in [3.05, 3.63) is 60.7 Å². The molecule has 0 saturated heterocycles. The quantitative estimate of drug-likeness (QED) is 0.749. The highest BCUT2D eigenvalue weighted by Gasteiger charge is 2.10. The van der Waals surface area contributed by atoms with Gasteiger partial charge < -0.3 is 15.2 Å². The van der Waals surface area contributed by atoms with E-state index in [4.69, 9.17) is 4.74 Å². The van der Waals surface area contributed by atoms with Gasteiger partial charge in [0.05, 0.1) is 36.9 Å². The second-order valence-electron chi connectivity index (χ2n) is 5.30. The lowest BCUT2D eigenvalue weighted by Crippen LogP contribution is -2.09. The lowest BCUT2D eigenvalue weighted by atomic mass is 10.1. The van der Waals surface area contributed by atoms with Crippen LogP contribution in [-0.4, -0.2) is 27.2 Å². The average Bonchev–Trinajstić information content (AvgIpc) is 2.63. The first-order valence-electron chi connectivity index (χ1n) is 7.54. The van der Waals surface area contributed by atoms with Gasteiger partial charge in [0.15, 0.2) is 11.5 Å². The summed E-state index contributed by atoms with van der Waals surface area (Å²) < 4.78 is 5.14. The van der Waals surface area contributed by atoms with E-state index in [1.165, 1.54) is 7.11 Å².